The van der Waals surface area contributed by atoms with Crippen LogP contribution in [0.5, 0.6) is 0 Å². The van der Waals surface area contributed by atoms with Crippen LogP contribution in [0.3, 0.4) is 0 Å². The second-order valence-electron chi connectivity index (χ2n) is 3.14. The van der Waals surface area contributed by atoms with Gasteiger partial charge < -0.3 is 10.2 Å². The molecule has 0 aliphatic rings. The average molecular weight is 218 g/mol. The van der Waals surface area contributed by atoms with Gasteiger partial charge in [0.05, 0.1) is 0 Å². The Morgan fingerprint density at radius 1 is 0.750 bits per heavy atom. The molecule has 0 saturated heterocycles. The predicted octanol–water partition coefficient (Wildman–Crippen LogP) is 4.13. The van der Waals surface area contributed by atoms with E-state index < -0.39 is 0 Å². The van der Waals surface area contributed by atoms with E-state index in [1.54, 1.807) is 12.2 Å². The zero-order chi connectivity index (χ0) is 12.6. The Kier molecular flexibility index (Phi) is 6.45. The second-order valence-corrected chi connectivity index (χ2v) is 3.14. The molecule has 0 spiro atoms. The molecule has 0 aromatic carbocycles. The lowest BCUT2D eigenvalue weighted by Gasteiger charge is -2.02. The minimum atomic E-state index is 0.00495. The highest BCUT2D eigenvalue weighted by Gasteiger charge is 1.96. The molecular weight excluding hydrogens is 200 g/mol. The Balaban J connectivity index is 4.95. The molecule has 0 amide bonds. The molecule has 2 nitrogen and oxygen atoms in total. The van der Waals surface area contributed by atoms with Crippen LogP contribution < -0.4 is 0 Å². The van der Waals surface area contributed by atoms with Crippen molar-refractivity contribution in [2.24, 2.45) is 0 Å². The maximum atomic E-state index is 8.97. The summed E-state index contributed by atoms with van der Waals surface area (Å²) in [7, 11) is 0. The number of rotatable bonds is 5. The third-order valence-electron chi connectivity index (χ3n) is 1.87. The molecule has 0 fully saturated rings. The van der Waals surface area contributed by atoms with Crippen molar-refractivity contribution < 1.29 is 10.2 Å². The first kappa shape index (κ1) is 14.0. The van der Waals surface area contributed by atoms with Gasteiger partial charge in [-0.25, -0.2) is 0 Å². The monoisotopic (exact) mass is 218 g/mol. The van der Waals surface area contributed by atoms with E-state index in [9.17, 15) is 0 Å². The molecule has 0 bridgehead atoms. The van der Waals surface area contributed by atoms with Gasteiger partial charge in [-0.1, -0.05) is 37.5 Å². The highest BCUT2D eigenvalue weighted by molar-refractivity contribution is 5.47. The van der Waals surface area contributed by atoms with Crippen LogP contribution in [0.1, 0.15) is 13.8 Å². The Morgan fingerprint density at radius 3 is 1.25 bits per heavy atom. The third kappa shape index (κ3) is 5.70. The predicted molar refractivity (Wildman–Crippen MR) is 69.3 cm³/mol. The molecule has 0 atom stereocenters. The summed E-state index contributed by atoms with van der Waals surface area (Å²) < 4.78 is 0. The minimum Gasteiger partial charge on any atom is -0.509 e. The van der Waals surface area contributed by atoms with Gasteiger partial charge in [-0.3, -0.25) is 0 Å². The lowest BCUT2D eigenvalue weighted by Crippen LogP contribution is -1.83. The van der Waals surface area contributed by atoms with E-state index >= 15 is 0 Å². The van der Waals surface area contributed by atoms with Crippen molar-refractivity contribution in [3.8, 4) is 0 Å². The van der Waals surface area contributed by atoms with Crippen molar-refractivity contribution in [2.45, 2.75) is 13.8 Å². The van der Waals surface area contributed by atoms with Gasteiger partial charge in [-0.05, 0) is 37.1 Å². The van der Waals surface area contributed by atoms with Crippen molar-refractivity contribution in [2.75, 3.05) is 0 Å². The number of hydrogen-bond donors (Lipinski definition) is 2. The van der Waals surface area contributed by atoms with E-state index in [1.807, 2.05) is 26.0 Å². The van der Waals surface area contributed by atoms with Crippen molar-refractivity contribution in [1.29, 1.82) is 0 Å². The molecular formula is C14H18O2. The van der Waals surface area contributed by atoms with Crippen LogP contribution in [0.2, 0.25) is 0 Å². The fraction of sp³-hybridized carbons (Fsp3) is 0.143. The molecule has 0 aromatic heterocycles. The fourth-order valence-corrected chi connectivity index (χ4v) is 1.09. The van der Waals surface area contributed by atoms with Gasteiger partial charge in [-0.2, -0.15) is 0 Å². The molecule has 0 aliphatic carbocycles. The molecule has 0 heterocycles. The summed E-state index contributed by atoms with van der Waals surface area (Å²) in [6.45, 7) is 10.5. The summed E-state index contributed by atoms with van der Waals surface area (Å²) >= 11 is 0. The molecule has 0 aliphatic heterocycles. The van der Waals surface area contributed by atoms with Crippen LogP contribution in [-0.2, 0) is 0 Å². The Labute approximate surface area is 96.9 Å². The quantitative estimate of drug-likeness (QED) is 0.538. The molecule has 16 heavy (non-hydrogen) atoms. The minimum absolute atomic E-state index is 0.00495. The average Bonchev–Trinajstić information content (AvgIpc) is 2.22. The smallest absolute Gasteiger partial charge is 0.108 e. The van der Waals surface area contributed by atoms with Crippen molar-refractivity contribution in [3.05, 3.63) is 72.3 Å². The SMILES string of the molecule is C=C(O)/C=C\C(=CC)C(/C=C\C(=C)O)=C/C. The maximum Gasteiger partial charge on any atom is 0.108 e. The lowest BCUT2D eigenvalue weighted by molar-refractivity contribution is 0.434. The second kappa shape index (κ2) is 7.35. The number of allylic oxidation sites excluding steroid dienone is 8. The molecule has 2 heteroatoms. The normalized spacial score (nSPS) is 13.6. The van der Waals surface area contributed by atoms with Gasteiger partial charge in [0.2, 0.25) is 0 Å². The summed E-state index contributed by atoms with van der Waals surface area (Å²) in [6, 6.07) is 0. The fourth-order valence-electron chi connectivity index (χ4n) is 1.09. The highest BCUT2D eigenvalue weighted by atomic mass is 16.3. The van der Waals surface area contributed by atoms with Gasteiger partial charge in [0.1, 0.15) is 11.5 Å². The van der Waals surface area contributed by atoms with Crippen molar-refractivity contribution in [1.82, 2.24) is 0 Å². The van der Waals surface area contributed by atoms with Crippen LogP contribution in [0.15, 0.2) is 72.3 Å². The van der Waals surface area contributed by atoms with Crippen LogP contribution in [0, 0.1) is 0 Å². The van der Waals surface area contributed by atoms with E-state index in [4.69, 9.17) is 10.2 Å². The van der Waals surface area contributed by atoms with Gasteiger partial charge in [0, 0.05) is 0 Å². The Morgan fingerprint density at radius 2 is 1.06 bits per heavy atom. The van der Waals surface area contributed by atoms with Gasteiger partial charge in [-0.15, -0.1) is 0 Å². The highest BCUT2D eigenvalue weighted by Crippen LogP contribution is 2.14. The molecule has 86 valence electrons. The molecule has 0 radical (unpaired) electrons. The van der Waals surface area contributed by atoms with Crippen LogP contribution >= 0.6 is 0 Å². The topological polar surface area (TPSA) is 40.5 Å². The first-order chi connectivity index (χ1) is 7.51. The zero-order valence-corrected chi connectivity index (χ0v) is 9.77. The van der Waals surface area contributed by atoms with Gasteiger partial charge in [0.15, 0.2) is 0 Å². The Hall–Kier alpha value is -1.96. The summed E-state index contributed by atoms with van der Waals surface area (Å²) in [5.74, 6) is 0.00991. The maximum absolute atomic E-state index is 8.97. The van der Waals surface area contributed by atoms with E-state index in [0.29, 0.717) is 0 Å². The third-order valence-corrected chi connectivity index (χ3v) is 1.87. The molecule has 0 aromatic rings. The first-order valence-corrected chi connectivity index (χ1v) is 4.96. The standard InChI is InChI=1S/C14H18O2/c1-5-13(9-7-11(3)15)14(6-2)10-8-12(4)16/h5-10,15-16H,3-4H2,1-2H3/b9-7-,10-8-,13-5+,14-6?. The van der Waals surface area contributed by atoms with Crippen molar-refractivity contribution >= 4 is 0 Å². The summed E-state index contributed by atoms with van der Waals surface area (Å²) in [6.07, 6.45) is 10.3. The summed E-state index contributed by atoms with van der Waals surface area (Å²) in [5.41, 5.74) is 1.85. The Bertz CT molecular complexity index is 342. The van der Waals surface area contributed by atoms with E-state index in [-0.39, 0.29) is 11.5 Å². The van der Waals surface area contributed by atoms with E-state index in [0.717, 1.165) is 11.1 Å². The zero-order valence-electron chi connectivity index (χ0n) is 9.77. The van der Waals surface area contributed by atoms with Crippen molar-refractivity contribution in [3.63, 3.8) is 0 Å². The van der Waals surface area contributed by atoms with E-state index in [2.05, 4.69) is 13.2 Å². The van der Waals surface area contributed by atoms with E-state index in [1.165, 1.54) is 12.2 Å². The molecule has 0 unspecified atom stereocenters. The first-order valence-electron chi connectivity index (χ1n) is 4.96. The lowest BCUT2D eigenvalue weighted by atomic mass is 10.0. The van der Waals surface area contributed by atoms with Gasteiger partial charge in [0.25, 0.3) is 0 Å². The number of aliphatic hydroxyl groups is 2. The summed E-state index contributed by atoms with van der Waals surface area (Å²) in [4.78, 5) is 0. The van der Waals surface area contributed by atoms with Crippen LogP contribution in [0.4, 0.5) is 0 Å². The molecule has 0 rings (SSSR count). The number of hydrogen-bond acceptors (Lipinski definition) is 2. The van der Waals surface area contributed by atoms with Crippen LogP contribution in [0.25, 0.3) is 0 Å². The van der Waals surface area contributed by atoms with Crippen LogP contribution in [-0.4, -0.2) is 10.2 Å². The molecule has 0 saturated carbocycles. The largest absolute Gasteiger partial charge is 0.509 e. The summed E-state index contributed by atoms with van der Waals surface area (Å²) in [5, 5.41) is 17.9. The van der Waals surface area contributed by atoms with Gasteiger partial charge >= 0.3 is 0 Å². The number of aliphatic hydroxyl groups excluding tert-OH is 2. The molecule has 2 N–H and O–H groups in total.